The SMILES string of the molecule is Cl.Cl.NCc1cc(C(=O)NCC(c2cccs2)N2CCCC2)co1. The number of carbonyl (C=O) groups is 1. The van der Waals surface area contributed by atoms with Crippen LogP contribution in [0.2, 0.25) is 0 Å². The van der Waals surface area contributed by atoms with Crippen LogP contribution in [0, 0.1) is 0 Å². The zero-order valence-corrected chi connectivity index (χ0v) is 15.7. The van der Waals surface area contributed by atoms with Crippen LogP contribution in [0.25, 0.3) is 0 Å². The molecular weight excluding hydrogens is 369 g/mol. The first-order valence-corrected chi connectivity index (χ1v) is 8.49. The number of nitrogens with one attached hydrogen (secondary N) is 1. The van der Waals surface area contributed by atoms with Crippen LogP contribution in [0.4, 0.5) is 0 Å². The first-order valence-electron chi connectivity index (χ1n) is 7.61. The summed E-state index contributed by atoms with van der Waals surface area (Å²) in [6, 6.07) is 6.16. The second kappa shape index (κ2) is 10.1. The number of carbonyl (C=O) groups excluding carboxylic acids is 1. The third kappa shape index (κ3) is 4.97. The number of halogens is 2. The number of furan rings is 1. The van der Waals surface area contributed by atoms with Crippen molar-refractivity contribution in [2.75, 3.05) is 19.6 Å². The first-order chi connectivity index (χ1) is 10.8. The fraction of sp³-hybridized carbons (Fsp3) is 0.438. The average molecular weight is 392 g/mol. The van der Waals surface area contributed by atoms with E-state index in [1.165, 1.54) is 24.0 Å². The molecule has 1 aliphatic rings. The van der Waals surface area contributed by atoms with E-state index in [2.05, 4.69) is 27.7 Å². The van der Waals surface area contributed by atoms with E-state index in [1.54, 1.807) is 17.4 Å². The Labute approximate surface area is 158 Å². The Morgan fingerprint density at radius 1 is 1.38 bits per heavy atom. The van der Waals surface area contributed by atoms with Crippen LogP contribution in [0.3, 0.4) is 0 Å². The van der Waals surface area contributed by atoms with Gasteiger partial charge in [-0.2, -0.15) is 0 Å². The van der Waals surface area contributed by atoms with Crippen molar-refractivity contribution in [2.45, 2.75) is 25.4 Å². The standard InChI is InChI=1S/C16H21N3O2S.2ClH/c17-9-13-8-12(11-21-13)16(20)18-10-14(15-4-3-7-22-15)19-5-1-2-6-19;;/h3-4,7-8,11,14H,1-2,5-6,9-10,17H2,(H,18,20);2*1H. The van der Waals surface area contributed by atoms with Crippen molar-refractivity contribution in [1.29, 1.82) is 0 Å². The van der Waals surface area contributed by atoms with E-state index in [-0.39, 0.29) is 36.8 Å². The molecule has 1 fully saturated rings. The molecule has 1 unspecified atom stereocenters. The van der Waals surface area contributed by atoms with E-state index in [1.807, 2.05) is 0 Å². The van der Waals surface area contributed by atoms with Gasteiger partial charge in [0.15, 0.2) is 0 Å². The zero-order chi connectivity index (χ0) is 15.4. The Kier molecular flexibility index (Phi) is 8.80. The van der Waals surface area contributed by atoms with E-state index in [0.717, 1.165) is 13.1 Å². The van der Waals surface area contributed by atoms with Gasteiger partial charge in [-0.3, -0.25) is 9.69 Å². The maximum atomic E-state index is 12.2. The van der Waals surface area contributed by atoms with Crippen molar-refractivity contribution in [3.63, 3.8) is 0 Å². The maximum Gasteiger partial charge on any atom is 0.254 e. The van der Waals surface area contributed by atoms with Crippen LogP contribution in [0.5, 0.6) is 0 Å². The van der Waals surface area contributed by atoms with Gasteiger partial charge in [-0.1, -0.05) is 6.07 Å². The predicted octanol–water partition coefficient (Wildman–Crippen LogP) is 3.21. The van der Waals surface area contributed by atoms with Gasteiger partial charge in [0, 0.05) is 11.4 Å². The number of likely N-dealkylation sites (tertiary alicyclic amines) is 1. The molecule has 134 valence electrons. The lowest BCUT2D eigenvalue weighted by atomic mass is 10.2. The highest BCUT2D eigenvalue weighted by atomic mass is 35.5. The van der Waals surface area contributed by atoms with Gasteiger partial charge in [0.25, 0.3) is 5.91 Å². The Hall–Kier alpha value is -1.05. The van der Waals surface area contributed by atoms with Crippen molar-refractivity contribution in [3.8, 4) is 0 Å². The zero-order valence-electron chi connectivity index (χ0n) is 13.3. The predicted molar refractivity (Wildman–Crippen MR) is 101 cm³/mol. The van der Waals surface area contributed by atoms with E-state index in [9.17, 15) is 4.79 Å². The minimum absolute atomic E-state index is 0. The Morgan fingerprint density at radius 2 is 2.12 bits per heavy atom. The summed E-state index contributed by atoms with van der Waals surface area (Å²) in [6.07, 6.45) is 3.93. The van der Waals surface area contributed by atoms with Crippen LogP contribution in [0.15, 0.2) is 34.3 Å². The lowest BCUT2D eigenvalue weighted by Gasteiger charge is -2.26. The molecule has 0 saturated carbocycles. The van der Waals surface area contributed by atoms with Crippen molar-refractivity contribution in [2.24, 2.45) is 5.73 Å². The van der Waals surface area contributed by atoms with Crippen molar-refractivity contribution in [1.82, 2.24) is 10.2 Å². The molecule has 3 rings (SSSR count). The fourth-order valence-corrected chi connectivity index (χ4v) is 3.70. The minimum Gasteiger partial charge on any atom is -0.467 e. The quantitative estimate of drug-likeness (QED) is 0.792. The molecule has 24 heavy (non-hydrogen) atoms. The van der Waals surface area contributed by atoms with E-state index >= 15 is 0 Å². The molecule has 0 aliphatic carbocycles. The molecule has 1 atom stereocenters. The monoisotopic (exact) mass is 391 g/mol. The lowest BCUT2D eigenvalue weighted by molar-refractivity contribution is 0.0938. The van der Waals surface area contributed by atoms with Gasteiger partial charge in [-0.15, -0.1) is 36.2 Å². The smallest absolute Gasteiger partial charge is 0.254 e. The summed E-state index contributed by atoms with van der Waals surface area (Å²) in [7, 11) is 0. The highest BCUT2D eigenvalue weighted by molar-refractivity contribution is 7.10. The summed E-state index contributed by atoms with van der Waals surface area (Å²) in [5, 5.41) is 5.11. The molecular formula is C16H23Cl2N3O2S. The van der Waals surface area contributed by atoms with Crippen LogP contribution in [-0.4, -0.2) is 30.4 Å². The fourth-order valence-electron chi connectivity index (χ4n) is 2.84. The number of rotatable bonds is 6. The van der Waals surface area contributed by atoms with Crippen LogP contribution >= 0.6 is 36.2 Å². The first kappa shape index (κ1) is 21.0. The van der Waals surface area contributed by atoms with Crippen molar-refractivity contribution >= 4 is 42.1 Å². The molecule has 8 heteroatoms. The molecule has 0 spiro atoms. The average Bonchev–Trinajstić information content (AvgIpc) is 3.29. The largest absolute Gasteiger partial charge is 0.467 e. The molecule has 0 aromatic carbocycles. The molecule has 5 nitrogen and oxygen atoms in total. The highest BCUT2D eigenvalue weighted by Crippen LogP contribution is 2.27. The van der Waals surface area contributed by atoms with Crippen LogP contribution < -0.4 is 11.1 Å². The molecule has 2 aromatic heterocycles. The summed E-state index contributed by atoms with van der Waals surface area (Å²) >= 11 is 1.75. The number of nitrogens with zero attached hydrogens (tertiary/aromatic N) is 1. The van der Waals surface area contributed by atoms with Crippen molar-refractivity contribution in [3.05, 3.63) is 46.0 Å². The molecule has 3 N–H and O–H groups in total. The Bertz CT molecular complexity index is 613. The van der Waals surface area contributed by atoms with Gasteiger partial charge in [0.2, 0.25) is 0 Å². The number of nitrogens with two attached hydrogens (primary N) is 1. The van der Waals surface area contributed by atoms with E-state index in [4.69, 9.17) is 10.2 Å². The van der Waals surface area contributed by atoms with E-state index < -0.39 is 0 Å². The number of amides is 1. The second-order valence-electron chi connectivity index (χ2n) is 5.49. The molecule has 1 aliphatic heterocycles. The molecule has 2 aromatic rings. The van der Waals surface area contributed by atoms with Gasteiger partial charge < -0.3 is 15.5 Å². The molecule has 1 amide bonds. The maximum absolute atomic E-state index is 12.2. The van der Waals surface area contributed by atoms with Gasteiger partial charge in [0.1, 0.15) is 12.0 Å². The number of hydrogen-bond donors (Lipinski definition) is 2. The highest BCUT2D eigenvalue weighted by Gasteiger charge is 2.25. The third-order valence-electron chi connectivity index (χ3n) is 4.03. The number of hydrogen-bond acceptors (Lipinski definition) is 5. The summed E-state index contributed by atoms with van der Waals surface area (Å²) in [6.45, 7) is 3.12. The molecule has 0 bridgehead atoms. The Morgan fingerprint density at radius 3 is 2.71 bits per heavy atom. The third-order valence-corrected chi connectivity index (χ3v) is 5.00. The van der Waals surface area contributed by atoms with Gasteiger partial charge >= 0.3 is 0 Å². The Balaban J connectivity index is 0.00000144. The summed E-state index contributed by atoms with van der Waals surface area (Å²) in [5.41, 5.74) is 6.04. The molecule has 0 radical (unpaired) electrons. The van der Waals surface area contributed by atoms with E-state index in [0.29, 0.717) is 24.4 Å². The normalized spacial score (nSPS) is 15.4. The molecule has 3 heterocycles. The minimum atomic E-state index is -0.107. The van der Waals surface area contributed by atoms with Gasteiger partial charge in [-0.25, -0.2) is 0 Å². The summed E-state index contributed by atoms with van der Waals surface area (Å²) in [4.78, 5) is 16.0. The van der Waals surface area contributed by atoms with Gasteiger partial charge in [0.05, 0.1) is 18.2 Å². The molecule has 1 saturated heterocycles. The summed E-state index contributed by atoms with van der Waals surface area (Å²) < 4.78 is 5.22. The van der Waals surface area contributed by atoms with Gasteiger partial charge in [-0.05, 0) is 43.4 Å². The number of thiophene rings is 1. The lowest BCUT2D eigenvalue weighted by Crippen LogP contribution is -2.36. The second-order valence-corrected chi connectivity index (χ2v) is 6.47. The van der Waals surface area contributed by atoms with Crippen LogP contribution in [0.1, 0.15) is 39.9 Å². The van der Waals surface area contributed by atoms with Crippen LogP contribution in [-0.2, 0) is 6.54 Å². The van der Waals surface area contributed by atoms with Crippen molar-refractivity contribution < 1.29 is 9.21 Å². The topological polar surface area (TPSA) is 71.5 Å². The summed E-state index contributed by atoms with van der Waals surface area (Å²) in [5.74, 6) is 0.517.